The zero-order chi connectivity index (χ0) is 30.0. The van der Waals surface area contributed by atoms with Crippen LogP contribution >= 0.6 is 23.2 Å². The van der Waals surface area contributed by atoms with Crippen molar-refractivity contribution in [3.63, 3.8) is 0 Å². The highest BCUT2D eigenvalue weighted by molar-refractivity contribution is 6.36. The lowest BCUT2D eigenvalue weighted by Gasteiger charge is -2.35. The fraction of sp³-hybridized carbons (Fsp3) is 0.219. The SMILES string of the molecule is [B]C(Nc1cc(Cl)c2ncc(C#N)c(N[C@H](CCC#N)c3ccccc3)c2c1)(C1=CN(C2CC2)NN1)c1ccccc1Cl. The monoisotopic (exact) mass is 604 g/mol. The number of benzene rings is 3. The molecule has 0 bridgehead atoms. The van der Waals surface area contributed by atoms with Gasteiger partial charge >= 0.3 is 0 Å². The molecular weight excluding hydrogens is 578 g/mol. The van der Waals surface area contributed by atoms with E-state index in [1.165, 1.54) is 6.20 Å². The summed E-state index contributed by atoms with van der Waals surface area (Å²) in [6.45, 7) is 0. The Morgan fingerprint density at radius 1 is 1.07 bits per heavy atom. The van der Waals surface area contributed by atoms with Crippen LogP contribution in [0.4, 0.5) is 11.4 Å². The summed E-state index contributed by atoms with van der Waals surface area (Å²) in [6.07, 6.45) is 6.55. The van der Waals surface area contributed by atoms with Gasteiger partial charge in [-0.15, -0.1) is 5.53 Å². The van der Waals surface area contributed by atoms with E-state index in [0.717, 1.165) is 18.4 Å². The maximum absolute atomic E-state index is 10.1. The Kier molecular flexibility index (Phi) is 8.05. The maximum atomic E-state index is 10.1. The number of aromatic nitrogens is 1. The molecule has 2 heterocycles. The van der Waals surface area contributed by atoms with Crippen molar-refractivity contribution in [2.75, 3.05) is 10.6 Å². The van der Waals surface area contributed by atoms with Crippen LogP contribution in [-0.4, -0.2) is 23.9 Å². The Labute approximate surface area is 261 Å². The molecule has 4 aromatic rings. The lowest BCUT2D eigenvalue weighted by molar-refractivity contribution is 0.260. The van der Waals surface area contributed by atoms with Gasteiger partial charge in [-0.2, -0.15) is 10.5 Å². The van der Waals surface area contributed by atoms with Crippen LogP contribution in [0.15, 0.2) is 84.8 Å². The molecule has 11 heteroatoms. The number of hydrogen-bond acceptors (Lipinski definition) is 8. The highest BCUT2D eigenvalue weighted by atomic mass is 35.5. The van der Waals surface area contributed by atoms with Crippen molar-refractivity contribution in [1.82, 2.24) is 21.0 Å². The fourth-order valence-corrected chi connectivity index (χ4v) is 5.88. The second-order valence-corrected chi connectivity index (χ2v) is 11.5. The minimum atomic E-state index is -1.28. The number of hydrazine groups is 2. The summed E-state index contributed by atoms with van der Waals surface area (Å²) < 4.78 is 0. The average molecular weight is 605 g/mol. The zero-order valence-corrected chi connectivity index (χ0v) is 24.6. The summed E-state index contributed by atoms with van der Waals surface area (Å²) in [6, 6.07) is 25.6. The summed E-state index contributed by atoms with van der Waals surface area (Å²) in [7, 11) is 7.19. The van der Waals surface area contributed by atoms with Crippen LogP contribution < -0.4 is 21.6 Å². The number of nitriles is 2. The predicted octanol–water partition coefficient (Wildman–Crippen LogP) is 6.63. The molecule has 3 aromatic carbocycles. The van der Waals surface area contributed by atoms with Crippen molar-refractivity contribution in [2.45, 2.75) is 43.2 Å². The van der Waals surface area contributed by atoms with Gasteiger partial charge in [-0.3, -0.25) is 9.99 Å². The van der Waals surface area contributed by atoms with E-state index < -0.39 is 5.44 Å². The molecule has 1 fully saturated rings. The zero-order valence-electron chi connectivity index (χ0n) is 23.1. The number of pyridine rings is 1. The summed E-state index contributed by atoms with van der Waals surface area (Å²) in [5.41, 5.74) is 9.52. The van der Waals surface area contributed by atoms with Crippen LogP contribution in [0.2, 0.25) is 10.0 Å². The highest BCUT2D eigenvalue weighted by Gasteiger charge is 2.38. The molecule has 43 heavy (non-hydrogen) atoms. The Hall–Kier alpha value is -4.41. The van der Waals surface area contributed by atoms with Crippen molar-refractivity contribution in [3.05, 3.63) is 112 Å². The molecule has 2 aliphatic rings. The summed E-state index contributed by atoms with van der Waals surface area (Å²) >= 11 is 13.5. The smallest absolute Gasteiger partial charge is 0.119 e. The highest BCUT2D eigenvalue weighted by Crippen LogP contribution is 2.40. The van der Waals surface area contributed by atoms with Gasteiger partial charge in [-0.25, -0.2) is 0 Å². The van der Waals surface area contributed by atoms with Crippen molar-refractivity contribution >= 4 is 53.3 Å². The molecule has 8 nitrogen and oxygen atoms in total. The number of halogens is 2. The number of anilines is 2. The first-order valence-corrected chi connectivity index (χ1v) is 14.7. The second-order valence-electron chi connectivity index (χ2n) is 10.6. The first-order chi connectivity index (χ1) is 20.9. The first kappa shape index (κ1) is 28.7. The van der Waals surface area contributed by atoms with Gasteiger partial charge in [0.05, 0.1) is 45.0 Å². The average Bonchev–Trinajstić information content (AvgIpc) is 3.75. The third kappa shape index (κ3) is 5.80. The van der Waals surface area contributed by atoms with Gasteiger partial charge in [0.25, 0.3) is 0 Å². The van der Waals surface area contributed by atoms with Gasteiger partial charge in [0.1, 0.15) is 13.9 Å². The van der Waals surface area contributed by atoms with E-state index in [1.54, 1.807) is 12.1 Å². The lowest BCUT2D eigenvalue weighted by Crippen LogP contribution is -2.45. The third-order valence-electron chi connectivity index (χ3n) is 7.70. The number of fused-ring (bicyclic) bond motifs is 1. The number of rotatable bonds is 10. The summed E-state index contributed by atoms with van der Waals surface area (Å²) in [5.74, 6) is 0. The minimum Gasteiger partial charge on any atom is -0.378 e. The van der Waals surface area contributed by atoms with E-state index >= 15 is 0 Å². The molecule has 212 valence electrons. The molecule has 4 N–H and O–H groups in total. The van der Waals surface area contributed by atoms with Crippen molar-refractivity contribution < 1.29 is 0 Å². The van der Waals surface area contributed by atoms with Crippen LogP contribution in [-0.2, 0) is 5.44 Å². The normalized spacial score (nSPS) is 16.4. The maximum Gasteiger partial charge on any atom is 0.119 e. The molecule has 1 unspecified atom stereocenters. The van der Waals surface area contributed by atoms with Crippen LogP contribution in [0.25, 0.3) is 10.9 Å². The minimum absolute atomic E-state index is 0.224. The van der Waals surface area contributed by atoms with E-state index in [9.17, 15) is 10.5 Å². The molecule has 6 rings (SSSR count). The topological polar surface area (TPSA) is 112 Å². The largest absolute Gasteiger partial charge is 0.378 e. The predicted molar refractivity (Wildman–Crippen MR) is 171 cm³/mol. The molecule has 2 radical (unpaired) electrons. The van der Waals surface area contributed by atoms with E-state index in [2.05, 4.69) is 38.7 Å². The molecule has 1 aromatic heterocycles. The van der Waals surface area contributed by atoms with Crippen molar-refractivity contribution in [1.29, 1.82) is 10.5 Å². The standard InChI is InChI=1S/C32H27BCl2N8/c33-32(25-9-4-5-10-26(25)34,29-19-43(42-41-29)23-12-13-23)40-22-15-24-30(21(17-37)18-38-31(24)27(35)16-22)39-28(11-6-14-36)20-7-2-1-3-8-20/h1-5,7-10,15-16,18-19,23,28,40-42H,6,11-13H2,(H,38,39)/t28-,32?/m1/s1. The van der Waals surface area contributed by atoms with Crippen LogP contribution in [0.5, 0.6) is 0 Å². The van der Waals surface area contributed by atoms with Crippen LogP contribution in [0, 0.1) is 22.7 Å². The summed E-state index contributed by atoms with van der Waals surface area (Å²) in [4.78, 5) is 4.51. The van der Waals surface area contributed by atoms with Gasteiger partial charge in [0.15, 0.2) is 0 Å². The van der Waals surface area contributed by atoms with Gasteiger partial charge < -0.3 is 16.1 Å². The first-order valence-electron chi connectivity index (χ1n) is 14.0. The molecule has 1 aliphatic carbocycles. The van der Waals surface area contributed by atoms with E-state index in [-0.39, 0.29) is 6.04 Å². The second kappa shape index (κ2) is 12.1. The van der Waals surface area contributed by atoms with Crippen LogP contribution in [0.3, 0.4) is 0 Å². The number of nitrogens with zero attached hydrogens (tertiary/aromatic N) is 4. The van der Waals surface area contributed by atoms with E-state index in [4.69, 9.17) is 31.0 Å². The quantitative estimate of drug-likeness (QED) is 0.149. The summed E-state index contributed by atoms with van der Waals surface area (Å²) in [5, 5.41) is 29.9. The Morgan fingerprint density at radius 2 is 1.84 bits per heavy atom. The molecule has 0 spiro atoms. The molecule has 0 saturated heterocycles. The Morgan fingerprint density at radius 3 is 2.56 bits per heavy atom. The number of nitrogens with one attached hydrogen (secondary N) is 4. The Balaban J connectivity index is 1.45. The Bertz CT molecular complexity index is 1780. The van der Waals surface area contributed by atoms with Gasteiger partial charge in [-0.1, -0.05) is 71.7 Å². The molecular formula is C32H27BCl2N8. The molecule has 2 atom stereocenters. The third-order valence-corrected chi connectivity index (χ3v) is 8.32. The number of hydrogen-bond donors (Lipinski definition) is 4. The van der Waals surface area contributed by atoms with Crippen molar-refractivity contribution in [3.8, 4) is 12.1 Å². The van der Waals surface area contributed by atoms with E-state index in [1.807, 2.05) is 65.8 Å². The van der Waals surface area contributed by atoms with E-state index in [0.29, 0.717) is 68.0 Å². The van der Waals surface area contributed by atoms with Gasteiger partial charge in [0, 0.05) is 41.0 Å². The van der Waals surface area contributed by atoms with Crippen molar-refractivity contribution in [2.24, 2.45) is 0 Å². The fourth-order valence-electron chi connectivity index (χ4n) is 5.33. The lowest BCUT2D eigenvalue weighted by atomic mass is 9.69. The van der Waals surface area contributed by atoms with Gasteiger partial charge in [-0.05, 0) is 48.6 Å². The molecule has 1 aliphatic heterocycles. The molecule has 1 saturated carbocycles. The van der Waals surface area contributed by atoms with Crippen LogP contribution in [0.1, 0.15) is 48.4 Å². The van der Waals surface area contributed by atoms with Gasteiger partial charge in [0.2, 0.25) is 0 Å². The molecule has 0 amide bonds.